The van der Waals surface area contributed by atoms with Crippen LogP contribution in [0.1, 0.15) is 17.0 Å². The van der Waals surface area contributed by atoms with E-state index in [9.17, 15) is 10.1 Å². The number of benzene rings is 1. The molecule has 0 unspecified atom stereocenters. The molecule has 0 amide bonds. The third kappa shape index (κ3) is 2.59. The molecule has 0 fully saturated rings. The second-order valence-electron chi connectivity index (χ2n) is 5.15. The highest BCUT2D eigenvalue weighted by molar-refractivity contribution is 9.10. The van der Waals surface area contributed by atoms with Crippen LogP contribution >= 0.6 is 15.9 Å². The van der Waals surface area contributed by atoms with Crippen LogP contribution in [0.15, 0.2) is 34.9 Å². The third-order valence-electron chi connectivity index (χ3n) is 3.37. The van der Waals surface area contributed by atoms with Gasteiger partial charge in [-0.25, -0.2) is 0 Å². The summed E-state index contributed by atoms with van der Waals surface area (Å²) in [6.07, 6.45) is 0. The number of rotatable bonds is 3. The maximum absolute atomic E-state index is 11.2. The lowest BCUT2D eigenvalue weighted by Crippen LogP contribution is -2.04. The van der Waals surface area contributed by atoms with Gasteiger partial charge >= 0.3 is 0 Å². The number of pyridine rings is 1. The Kier molecular flexibility index (Phi) is 3.66. The molecule has 0 radical (unpaired) electrons. The Bertz CT molecular complexity index is 868. The van der Waals surface area contributed by atoms with Crippen molar-refractivity contribution in [3.05, 3.63) is 62.0 Å². The Labute approximate surface area is 135 Å². The molecule has 0 aliphatic rings. The summed E-state index contributed by atoms with van der Waals surface area (Å²) in [6.45, 7) is 4.42. The number of hydrogen-bond acceptors (Lipinski definition) is 4. The standard InChI is InChI=1S/C15H13BrN4O2/c1-9-6-10(2)17-11(7-9)8-19-12-4-3-5-13(20(21)22)14(12)15(16)18-19/h3-7H,8H2,1-2H3. The van der Waals surface area contributed by atoms with Crippen LogP contribution in [0, 0.1) is 24.0 Å². The number of non-ortho nitro benzene ring substituents is 1. The van der Waals surface area contributed by atoms with Crippen molar-refractivity contribution in [1.29, 1.82) is 0 Å². The summed E-state index contributed by atoms with van der Waals surface area (Å²) in [5.74, 6) is 0. The molecule has 3 rings (SSSR count). The van der Waals surface area contributed by atoms with Crippen molar-refractivity contribution in [2.75, 3.05) is 0 Å². The summed E-state index contributed by atoms with van der Waals surface area (Å²) in [6, 6.07) is 8.97. The van der Waals surface area contributed by atoms with Crippen molar-refractivity contribution < 1.29 is 4.92 Å². The quantitative estimate of drug-likeness (QED) is 0.526. The van der Waals surface area contributed by atoms with Crippen molar-refractivity contribution in [3.8, 4) is 0 Å². The number of fused-ring (bicyclic) bond motifs is 1. The number of nitro benzene ring substituents is 1. The minimum absolute atomic E-state index is 0.0454. The lowest BCUT2D eigenvalue weighted by Gasteiger charge is -2.05. The first-order valence-corrected chi connectivity index (χ1v) is 7.48. The number of hydrogen-bond donors (Lipinski definition) is 0. The van der Waals surface area contributed by atoms with E-state index in [1.165, 1.54) is 6.07 Å². The maximum atomic E-state index is 11.2. The first-order chi connectivity index (χ1) is 10.5. The van der Waals surface area contributed by atoms with Crippen LogP contribution < -0.4 is 0 Å². The van der Waals surface area contributed by atoms with Gasteiger partial charge in [-0.1, -0.05) is 6.07 Å². The molecule has 3 aromatic rings. The minimum atomic E-state index is -0.395. The summed E-state index contributed by atoms with van der Waals surface area (Å²) in [4.78, 5) is 15.3. The van der Waals surface area contributed by atoms with Crippen molar-refractivity contribution in [1.82, 2.24) is 14.8 Å². The number of aryl methyl sites for hydroxylation is 2. The molecule has 0 saturated heterocycles. The molecule has 112 valence electrons. The van der Waals surface area contributed by atoms with Crippen molar-refractivity contribution >= 4 is 32.5 Å². The number of nitro groups is 1. The Balaban J connectivity index is 2.12. The number of halogens is 1. The molecule has 7 heteroatoms. The largest absolute Gasteiger partial charge is 0.281 e. The topological polar surface area (TPSA) is 73.8 Å². The average Bonchev–Trinajstić information content (AvgIpc) is 2.74. The van der Waals surface area contributed by atoms with Gasteiger partial charge < -0.3 is 0 Å². The second-order valence-corrected chi connectivity index (χ2v) is 5.91. The van der Waals surface area contributed by atoms with Gasteiger partial charge in [0.15, 0.2) is 0 Å². The van der Waals surface area contributed by atoms with Gasteiger partial charge in [0.2, 0.25) is 0 Å². The van der Waals surface area contributed by atoms with E-state index in [4.69, 9.17) is 0 Å². The van der Waals surface area contributed by atoms with Crippen molar-refractivity contribution in [2.24, 2.45) is 0 Å². The molecule has 0 atom stereocenters. The van der Waals surface area contributed by atoms with Crippen LogP contribution in [0.4, 0.5) is 5.69 Å². The van der Waals surface area contributed by atoms with Gasteiger partial charge in [0, 0.05) is 11.8 Å². The van der Waals surface area contributed by atoms with Crippen LogP contribution in [-0.4, -0.2) is 19.7 Å². The lowest BCUT2D eigenvalue weighted by atomic mass is 10.2. The molecule has 1 aromatic carbocycles. The van der Waals surface area contributed by atoms with Crippen LogP contribution in [0.5, 0.6) is 0 Å². The second kappa shape index (κ2) is 5.49. The summed E-state index contributed by atoms with van der Waals surface area (Å²) in [5, 5.41) is 16.0. The molecule has 0 aliphatic heterocycles. The molecule has 0 aliphatic carbocycles. The predicted octanol–water partition coefficient (Wildman–Crippen LogP) is 3.77. The first kappa shape index (κ1) is 14.6. The zero-order valence-electron chi connectivity index (χ0n) is 12.1. The van der Waals surface area contributed by atoms with Gasteiger partial charge in [-0.15, -0.1) is 0 Å². The van der Waals surface area contributed by atoms with Crippen molar-refractivity contribution in [3.63, 3.8) is 0 Å². The van der Waals surface area contributed by atoms with Gasteiger partial charge in [-0.05, 0) is 53.5 Å². The molecule has 6 nitrogen and oxygen atoms in total. The van der Waals surface area contributed by atoms with Crippen molar-refractivity contribution in [2.45, 2.75) is 20.4 Å². The fourth-order valence-electron chi connectivity index (χ4n) is 2.60. The highest BCUT2D eigenvalue weighted by atomic mass is 79.9. The molecule has 0 bridgehead atoms. The van der Waals surface area contributed by atoms with Crippen LogP contribution in [0.25, 0.3) is 10.9 Å². The molecular formula is C15H13BrN4O2. The smallest absolute Gasteiger partial charge is 0.258 e. The van der Waals surface area contributed by atoms with E-state index < -0.39 is 4.92 Å². The highest BCUT2D eigenvalue weighted by Gasteiger charge is 2.19. The van der Waals surface area contributed by atoms with E-state index in [-0.39, 0.29) is 5.69 Å². The Morgan fingerprint density at radius 2 is 2.09 bits per heavy atom. The summed E-state index contributed by atoms with van der Waals surface area (Å²) >= 11 is 3.32. The predicted molar refractivity (Wildman–Crippen MR) is 86.9 cm³/mol. The van der Waals surface area contributed by atoms with Crippen LogP contribution in [0.2, 0.25) is 0 Å². The Morgan fingerprint density at radius 1 is 1.32 bits per heavy atom. The van der Waals surface area contributed by atoms with Gasteiger partial charge in [-0.2, -0.15) is 5.10 Å². The van der Waals surface area contributed by atoms with Crippen LogP contribution in [0.3, 0.4) is 0 Å². The Hall–Kier alpha value is -2.28. The zero-order valence-corrected chi connectivity index (χ0v) is 13.7. The van der Waals surface area contributed by atoms with E-state index >= 15 is 0 Å². The van der Waals surface area contributed by atoms with Gasteiger partial charge in [0.1, 0.15) is 9.99 Å². The van der Waals surface area contributed by atoms with E-state index in [1.54, 1.807) is 10.7 Å². The van der Waals surface area contributed by atoms with Gasteiger partial charge in [0.25, 0.3) is 5.69 Å². The first-order valence-electron chi connectivity index (χ1n) is 6.69. The summed E-state index contributed by atoms with van der Waals surface area (Å²) in [5.41, 5.74) is 3.70. The van der Waals surface area contributed by atoms with Gasteiger partial charge in [0.05, 0.1) is 22.7 Å². The van der Waals surface area contributed by atoms with E-state index in [0.29, 0.717) is 22.1 Å². The average molecular weight is 361 g/mol. The van der Waals surface area contributed by atoms with E-state index in [0.717, 1.165) is 17.0 Å². The van der Waals surface area contributed by atoms with Crippen LogP contribution in [-0.2, 0) is 6.54 Å². The third-order valence-corrected chi connectivity index (χ3v) is 3.93. The molecule has 22 heavy (non-hydrogen) atoms. The fourth-order valence-corrected chi connectivity index (χ4v) is 3.19. The lowest BCUT2D eigenvalue weighted by molar-refractivity contribution is -0.383. The molecular weight excluding hydrogens is 348 g/mol. The minimum Gasteiger partial charge on any atom is -0.258 e. The normalized spacial score (nSPS) is 11.0. The number of aromatic nitrogens is 3. The summed E-state index contributed by atoms with van der Waals surface area (Å²) < 4.78 is 2.20. The molecule has 0 N–H and O–H groups in total. The Morgan fingerprint density at radius 3 is 2.77 bits per heavy atom. The fraction of sp³-hybridized carbons (Fsp3) is 0.200. The highest BCUT2D eigenvalue weighted by Crippen LogP contribution is 2.32. The zero-order chi connectivity index (χ0) is 15.9. The summed E-state index contributed by atoms with van der Waals surface area (Å²) in [7, 11) is 0. The maximum Gasteiger partial charge on any atom is 0.281 e. The number of nitrogens with zero attached hydrogens (tertiary/aromatic N) is 4. The molecule has 0 spiro atoms. The SMILES string of the molecule is Cc1cc(C)nc(Cn2nc(Br)c3c([N+](=O)[O-])cccc32)c1. The molecule has 0 saturated carbocycles. The van der Waals surface area contributed by atoms with E-state index in [1.807, 2.05) is 32.0 Å². The molecule has 2 aromatic heterocycles. The molecule has 2 heterocycles. The van der Waals surface area contributed by atoms with Gasteiger partial charge in [-0.3, -0.25) is 19.8 Å². The monoisotopic (exact) mass is 360 g/mol. The van der Waals surface area contributed by atoms with E-state index in [2.05, 4.69) is 26.0 Å².